The van der Waals surface area contributed by atoms with Gasteiger partial charge < -0.3 is 15.4 Å². The summed E-state index contributed by atoms with van der Waals surface area (Å²) in [5, 5.41) is 6.01. The van der Waals surface area contributed by atoms with Gasteiger partial charge in [-0.05, 0) is 44.9 Å². The van der Waals surface area contributed by atoms with Crippen LogP contribution in [0.2, 0.25) is 0 Å². The molecule has 0 saturated carbocycles. The average Bonchev–Trinajstić information content (AvgIpc) is 2.80. The van der Waals surface area contributed by atoms with E-state index in [2.05, 4.69) is 25.3 Å². The molecule has 0 fully saturated rings. The van der Waals surface area contributed by atoms with Crippen LogP contribution in [-0.4, -0.2) is 53.5 Å². The van der Waals surface area contributed by atoms with Gasteiger partial charge in [0, 0.05) is 31.5 Å². The smallest absolute Gasteiger partial charge is 0.407 e. The quantitative estimate of drug-likeness (QED) is 0.385. The Balaban J connectivity index is 1.94. The van der Waals surface area contributed by atoms with E-state index < -0.39 is 33.3 Å². The molecule has 0 bridgehead atoms. The largest absolute Gasteiger partial charge is 0.444 e. The Kier molecular flexibility index (Phi) is 8.53. The molecule has 0 aliphatic rings. The van der Waals surface area contributed by atoms with E-state index >= 15 is 0 Å². The number of nitrogens with one attached hydrogen (secondary N) is 3. The highest BCUT2D eigenvalue weighted by atomic mass is 32.2. The van der Waals surface area contributed by atoms with Gasteiger partial charge in [0.25, 0.3) is 5.56 Å². The monoisotopic (exact) mass is 528 g/mol. The second-order valence-electron chi connectivity index (χ2n) is 9.55. The highest BCUT2D eigenvalue weighted by molar-refractivity contribution is 7.92. The van der Waals surface area contributed by atoms with Gasteiger partial charge in [0.1, 0.15) is 17.0 Å². The summed E-state index contributed by atoms with van der Waals surface area (Å²) in [7, 11) is -2.27. The Morgan fingerprint density at radius 1 is 1.11 bits per heavy atom. The zero-order valence-electron chi connectivity index (χ0n) is 21.5. The molecule has 0 spiro atoms. The van der Waals surface area contributed by atoms with Crippen LogP contribution >= 0.6 is 0 Å². The Bertz CT molecular complexity index is 1390. The number of carbonyl (C=O) groups is 1. The number of amides is 1. The summed E-state index contributed by atoms with van der Waals surface area (Å²) in [5.41, 5.74) is 0.233. The van der Waals surface area contributed by atoms with E-state index in [-0.39, 0.29) is 23.9 Å². The lowest BCUT2D eigenvalue weighted by Gasteiger charge is -2.24. The van der Waals surface area contributed by atoms with E-state index in [4.69, 9.17) is 4.74 Å². The Morgan fingerprint density at radius 2 is 1.76 bits per heavy atom. The van der Waals surface area contributed by atoms with Crippen molar-refractivity contribution >= 4 is 27.8 Å². The van der Waals surface area contributed by atoms with Crippen molar-refractivity contribution in [1.29, 1.82) is 0 Å². The molecular formula is C25H32N6O5S. The predicted molar refractivity (Wildman–Crippen MR) is 143 cm³/mol. The van der Waals surface area contributed by atoms with Crippen molar-refractivity contribution < 1.29 is 17.9 Å². The molecule has 0 aliphatic carbocycles. The van der Waals surface area contributed by atoms with Crippen LogP contribution in [0.15, 0.2) is 59.7 Å². The fraction of sp³-hybridized carbons (Fsp3) is 0.360. The van der Waals surface area contributed by atoms with Gasteiger partial charge >= 0.3 is 6.09 Å². The molecule has 1 atom stereocenters. The van der Waals surface area contributed by atoms with Crippen molar-refractivity contribution in [3.63, 3.8) is 0 Å². The Hall–Kier alpha value is -3.93. The van der Waals surface area contributed by atoms with Gasteiger partial charge in [-0.1, -0.05) is 30.3 Å². The first kappa shape index (κ1) is 27.7. The molecule has 1 amide bonds. The number of aromatic nitrogens is 3. The predicted octanol–water partition coefficient (Wildman–Crippen LogP) is 2.76. The number of alkyl carbamates (subject to hydrolysis) is 1. The molecule has 3 aromatic rings. The van der Waals surface area contributed by atoms with Crippen molar-refractivity contribution in [3.05, 3.63) is 70.8 Å². The summed E-state index contributed by atoms with van der Waals surface area (Å²) in [4.78, 5) is 34.2. The van der Waals surface area contributed by atoms with E-state index in [1.54, 1.807) is 32.9 Å². The molecular weight excluding hydrogens is 496 g/mol. The van der Waals surface area contributed by atoms with Gasteiger partial charge in [-0.3, -0.25) is 19.1 Å². The van der Waals surface area contributed by atoms with Crippen molar-refractivity contribution in [3.8, 4) is 11.3 Å². The number of carbonyl (C=O) groups excluding carboxylic acids is 1. The highest BCUT2D eigenvalue weighted by Gasteiger charge is 2.22. The lowest BCUT2D eigenvalue weighted by molar-refractivity contribution is 0.0507. The number of anilines is 2. The minimum atomic E-state index is -3.75. The number of ether oxygens (including phenoxy) is 1. The van der Waals surface area contributed by atoms with Gasteiger partial charge in [-0.15, -0.1) is 0 Å². The molecule has 3 rings (SSSR count). The molecule has 0 radical (unpaired) electrons. The molecule has 11 nitrogen and oxygen atoms in total. The zero-order valence-corrected chi connectivity index (χ0v) is 22.3. The van der Waals surface area contributed by atoms with Crippen molar-refractivity contribution in [2.75, 3.05) is 22.8 Å². The molecule has 2 aromatic heterocycles. The second-order valence-corrected chi connectivity index (χ2v) is 11.3. The number of nitrogens with zero attached hydrogens (tertiary/aromatic N) is 3. The van der Waals surface area contributed by atoms with Gasteiger partial charge in [0.15, 0.2) is 0 Å². The molecule has 12 heteroatoms. The Labute approximate surface area is 216 Å². The summed E-state index contributed by atoms with van der Waals surface area (Å²) < 4.78 is 32.8. The molecule has 0 saturated heterocycles. The topological polar surface area (TPSA) is 144 Å². The first-order valence-electron chi connectivity index (χ1n) is 11.6. The van der Waals surface area contributed by atoms with Crippen molar-refractivity contribution in [2.24, 2.45) is 7.05 Å². The van der Waals surface area contributed by atoms with Crippen LogP contribution < -0.4 is 20.9 Å². The molecule has 3 N–H and O–H groups in total. The van der Waals surface area contributed by atoms with Crippen LogP contribution in [-0.2, 0) is 28.2 Å². The number of hydrogen-bond donors (Lipinski definition) is 3. The number of benzene rings is 1. The van der Waals surface area contributed by atoms with Crippen LogP contribution in [0.1, 0.15) is 26.3 Å². The van der Waals surface area contributed by atoms with Gasteiger partial charge in [0.2, 0.25) is 16.0 Å². The third-order valence-corrected chi connectivity index (χ3v) is 5.66. The van der Waals surface area contributed by atoms with E-state index in [0.29, 0.717) is 12.0 Å². The van der Waals surface area contributed by atoms with Crippen LogP contribution in [0.4, 0.5) is 16.4 Å². The second kappa shape index (κ2) is 11.4. The number of sulfonamides is 1. The minimum Gasteiger partial charge on any atom is -0.444 e. The highest BCUT2D eigenvalue weighted by Crippen LogP contribution is 2.24. The third kappa shape index (κ3) is 8.31. The third-order valence-electron chi connectivity index (χ3n) is 5.08. The molecule has 1 aromatic carbocycles. The SMILES string of the molecule is Cn1c(NC[C@H](Cc2ccccc2)NC(=O)OC(C)(C)C)nc(-c2ccncc2)c(NS(C)(=O)=O)c1=O. The molecule has 0 unspecified atom stereocenters. The first-order chi connectivity index (χ1) is 17.3. The van der Waals surface area contributed by atoms with Crippen LogP contribution in [0.5, 0.6) is 0 Å². The lowest BCUT2D eigenvalue weighted by atomic mass is 10.1. The first-order valence-corrected chi connectivity index (χ1v) is 13.5. The maximum atomic E-state index is 13.2. The van der Waals surface area contributed by atoms with E-state index in [1.807, 2.05) is 30.3 Å². The summed E-state index contributed by atoms with van der Waals surface area (Å²) in [5.74, 6) is 0.194. The molecule has 2 heterocycles. The Morgan fingerprint density at radius 3 is 2.35 bits per heavy atom. The molecule has 0 aliphatic heterocycles. The van der Waals surface area contributed by atoms with Gasteiger partial charge in [-0.2, -0.15) is 0 Å². The fourth-order valence-electron chi connectivity index (χ4n) is 3.52. The van der Waals surface area contributed by atoms with E-state index in [0.717, 1.165) is 11.8 Å². The standard InChI is InChI=1S/C25H32N6O5S/c1-25(2,3)36-24(33)28-19(15-17-9-7-6-8-10-17)16-27-23-29-20(18-11-13-26-14-12-18)21(22(32)31(23)4)30-37(5,34)35/h6-14,19,30H,15-16H2,1-5H3,(H,27,29)(H,28,33)/t19-/m0/s1. The fourth-order valence-corrected chi connectivity index (χ4v) is 4.07. The van der Waals surface area contributed by atoms with E-state index in [9.17, 15) is 18.0 Å². The number of rotatable bonds is 9. The normalized spacial score (nSPS) is 12.5. The van der Waals surface area contributed by atoms with Crippen LogP contribution in [0, 0.1) is 0 Å². The minimum absolute atomic E-state index is 0.151. The average molecular weight is 529 g/mol. The lowest BCUT2D eigenvalue weighted by Crippen LogP contribution is -2.44. The van der Waals surface area contributed by atoms with E-state index in [1.165, 1.54) is 24.0 Å². The molecule has 198 valence electrons. The zero-order chi connectivity index (χ0) is 27.2. The maximum absolute atomic E-state index is 13.2. The van der Waals surface area contributed by atoms with Crippen molar-refractivity contribution in [2.45, 2.75) is 38.8 Å². The van der Waals surface area contributed by atoms with Gasteiger partial charge in [0.05, 0.1) is 12.3 Å². The van der Waals surface area contributed by atoms with Crippen LogP contribution in [0.3, 0.4) is 0 Å². The summed E-state index contributed by atoms with van der Waals surface area (Å²) >= 11 is 0. The molecule has 37 heavy (non-hydrogen) atoms. The summed E-state index contributed by atoms with van der Waals surface area (Å²) in [6, 6.07) is 12.5. The van der Waals surface area contributed by atoms with Crippen molar-refractivity contribution in [1.82, 2.24) is 19.9 Å². The number of pyridine rings is 1. The van der Waals surface area contributed by atoms with Gasteiger partial charge in [-0.25, -0.2) is 18.2 Å². The summed E-state index contributed by atoms with van der Waals surface area (Å²) in [6.07, 6.45) is 3.93. The summed E-state index contributed by atoms with van der Waals surface area (Å²) in [6.45, 7) is 5.55. The maximum Gasteiger partial charge on any atom is 0.407 e. The van der Waals surface area contributed by atoms with Crippen LogP contribution in [0.25, 0.3) is 11.3 Å². The number of hydrogen-bond acceptors (Lipinski definition) is 8.